The van der Waals surface area contributed by atoms with Crippen molar-refractivity contribution < 1.29 is 19.5 Å². The molecular formula is C21H23NO5. The van der Waals surface area contributed by atoms with E-state index in [2.05, 4.69) is 0 Å². The van der Waals surface area contributed by atoms with Crippen LogP contribution in [0.5, 0.6) is 17.2 Å². The fourth-order valence-corrected chi connectivity index (χ4v) is 2.60. The molecule has 0 fully saturated rings. The van der Waals surface area contributed by atoms with Crippen molar-refractivity contribution in [3.8, 4) is 17.2 Å². The number of hydrogen-bond donors (Lipinski definition) is 1. The average Bonchev–Trinajstić information content (AvgIpc) is 2.65. The SMILES string of the molecule is COc1cc(C=Cc2cc([N+](=O)[O-])cc(OC)c2CC=C(C)C)ccc1O. The van der Waals surface area contributed by atoms with E-state index < -0.39 is 4.92 Å². The summed E-state index contributed by atoms with van der Waals surface area (Å²) in [6.45, 7) is 3.99. The van der Waals surface area contributed by atoms with Gasteiger partial charge in [-0.3, -0.25) is 10.1 Å². The molecule has 0 amide bonds. The molecule has 6 heteroatoms. The molecule has 0 atom stereocenters. The molecule has 2 aromatic carbocycles. The van der Waals surface area contributed by atoms with Crippen LogP contribution < -0.4 is 9.47 Å². The Kier molecular flexibility index (Phi) is 6.60. The van der Waals surface area contributed by atoms with Crippen LogP contribution in [0.3, 0.4) is 0 Å². The first-order chi connectivity index (χ1) is 12.8. The number of aromatic hydroxyl groups is 1. The van der Waals surface area contributed by atoms with Crippen LogP contribution in [0.15, 0.2) is 42.0 Å². The number of nitro groups is 1. The van der Waals surface area contributed by atoms with E-state index >= 15 is 0 Å². The molecule has 0 radical (unpaired) electrons. The Morgan fingerprint density at radius 3 is 2.41 bits per heavy atom. The van der Waals surface area contributed by atoms with E-state index in [1.54, 1.807) is 18.2 Å². The number of phenols is 1. The maximum absolute atomic E-state index is 11.3. The smallest absolute Gasteiger partial charge is 0.273 e. The Bertz CT molecular complexity index is 896. The summed E-state index contributed by atoms with van der Waals surface area (Å²) in [6.07, 6.45) is 6.26. The van der Waals surface area contributed by atoms with Gasteiger partial charge < -0.3 is 14.6 Å². The van der Waals surface area contributed by atoms with Gasteiger partial charge in [-0.1, -0.05) is 29.9 Å². The summed E-state index contributed by atoms with van der Waals surface area (Å²) in [4.78, 5) is 10.8. The Morgan fingerprint density at radius 1 is 1.11 bits per heavy atom. The maximum Gasteiger partial charge on any atom is 0.273 e. The largest absolute Gasteiger partial charge is 0.504 e. The van der Waals surface area contributed by atoms with Crippen molar-refractivity contribution in [1.29, 1.82) is 0 Å². The Balaban J connectivity index is 2.53. The highest BCUT2D eigenvalue weighted by Gasteiger charge is 2.15. The molecule has 0 aliphatic rings. The fraction of sp³-hybridized carbons (Fsp3) is 0.238. The van der Waals surface area contributed by atoms with E-state index in [-0.39, 0.29) is 11.4 Å². The minimum absolute atomic E-state index is 0.0317. The molecule has 0 saturated carbocycles. The van der Waals surface area contributed by atoms with Gasteiger partial charge in [-0.05, 0) is 43.5 Å². The van der Waals surface area contributed by atoms with Crippen molar-refractivity contribution in [2.45, 2.75) is 20.3 Å². The van der Waals surface area contributed by atoms with Crippen LogP contribution in [0.2, 0.25) is 0 Å². The molecule has 27 heavy (non-hydrogen) atoms. The molecule has 2 aromatic rings. The van der Waals surface area contributed by atoms with E-state index in [0.29, 0.717) is 23.5 Å². The number of nitrogens with zero attached hydrogens (tertiary/aromatic N) is 1. The highest BCUT2D eigenvalue weighted by molar-refractivity contribution is 5.75. The summed E-state index contributed by atoms with van der Waals surface area (Å²) in [7, 11) is 2.98. The predicted molar refractivity (Wildman–Crippen MR) is 106 cm³/mol. The lowest BCUT2D eigenvalue weighted by Gasteiger charge is -2.11. The van der Waals surface area contributed by atoms with Gasteiger partial charge in [0.15, 0.2) is 11.5 Å². The molecule has 0 unspecified atom stereocenters. The van der Waals surface area contributed by atoms with Crippen molar-refractivity contribution in [2.75, 3.05) is 14.2 Å². The van der Waals surface area contributed by atoms with Crippen molar-refractivity contribution in [3.63, 3.8) is 0 Å². The van der Waals surface area contributed by atoms with E-state index in [0.717, 1.165) is 16.7 Å². The summed E-state index contributed by atoms with van der Waals surface area (Å²) in [5.41, 5.74) is 3.48. The van der Waals surface area contributed by atoms with E-state index in [4.69, 9.17) is 9.47 Å². The first kappa shape index (κ1) is 20.0. The average molecular weight is 369 g/mol. The number of ether oxygens (including phenoxy) is 2. The van der Waals surface area contributed by atoms with Gasteiger partial charge >= 0.3 is 0 Å². The third-order valence-corrected chi connectivity index (χ3v) is 4.03. The topological polar surface area (TPSA) is 81.8 Å². The van der Waals surface area contributed by atoms with E-state index in [9.17, 15) is 15.2 Å². The van der Waals surface area contributed by atoms with Crippen LogP contribution in [-0.2, 0) is 6.42 Å². The van der Waals surface area contributed by atoms with Crippen molar-refractivity contribution in [1.82, 2.24) is 0 Å². The Hall–Kier alpha value is -3.28. The molecular weight excluding hydrogens is 346 g/mol. The normalized spacial score (nSPS) is 10.7. The van der Waals surface area contributed by atoms with Crippen molar-refractivity contribution in [2.24, 2.45) is 0 Å². The van der Waals surface area contributed by atoms with E-state index in [1.165, 1.54) is 32.4 Å². The molecule has 142 valence electrons. The molecule has 0 saturated heterocycles. The number of methoxy groups -OCH3 is 2. The molecule has 0 spiro atoms. The summed E-state index contributed by atoms with van der Waals surface area (Å²) in [6, 6.07) is 7.94. The molecule has 0 bridgehead atoms. The second-order valence-electron chi connectivity index (χ2n) is 6.22. The maximum atomic E-state index is 11.3. The number of nitro benzene ring substituents is 1. The molecule has 0 aromatic heterocycles. The van der Waals surface area contributed by atoms with Crippen molar-refractivity contribution in [3.05, 3.63) is 68.8 Å². The van der Waals surface area contributed by atoms with Gasteiger partial charge in [0.2, 0.25) is 0 Å². The molecule has 0 aliphatic carbocycles. The summed E-state index contributed by atoms with van der Waals surface area (Å²) in [5.74, 6) is 0.888. The van der Waals surface area contributed by atoms with E-state index in [1.807, 2.05) is 26.0 Å². The summed E-state index contributed by atoms with van der Waals surface area (Å²) < 4.78 is 10.5. The minimum Gasteiger partial charge on any atom is -0.504 e. The van der Waals surface area contributed by atoms with Gasteiger partial charge in [-0.2, -0.15) is 0 Å². The third-order valence-electron chi connectivity index (χ3n) is 4.03. The van der Waals surface area contributed by atoms with Crippen LogP contribution in [0.25, 0.3) is 12.2 Å². The number of phenolic OH excluding ortho intramolecular Hbond substituents is 1. The molecule has 6 nitrogen and oxygen atoms in total. The molecule has 1 N–H and O–H groups in total. The lowest BCUT2D eigenvalue weighted by Crippen LogP contribution is -1.98. The number of rotatable bonds is 7. The van der Waals surface area contributed by atoms with Crippen LogP contribution in [-0.4, -0.2) is 24.2 Å². The van der Waals surface area contributed by atoms with Gasteiger partial charge in [-0.15, -0.1) is 0 Å². The van der Waals surface area contributed by atoms with Crippen LogP contribution in [0, 0.1) is 10.1 Å². The minimum atomic E-state index is -0.436. The van der Waals surface area contributed by atoms with Gasteiger partial charge in [0, 0.05) is 11.6 Å². The quantitative estimate of drug-likeness (QED) is 0.321. The zero-order chi connectivity index (χ0) is 20.0. The number of hydrogen-bond acceptors (Lipinski definition) is 5. The monoisotopic (exact) mass is 369 g/mol. The lowest BCUT2D eigenvalue weighted by atomic mass is 9.99. The second kappa shape index (κ2) is 8.89. The van der Waals surface area contributed by atoms with Crippen molar-refractivity contribution >= 4 is 17.8 Å². The summed E-state index contributed by atoms with van der Waals surface area (Å²) >= 11 is 0. The van der Waals surface area contributed by atoms with Gasteiger partial charge in [0.05, 0.1) is 25.2 Å². The van der Waals surface area contributed by atoms with Gasteiger partial charge in [0.1, 0.15) is 5.75 Å². The van der Waals surface area contributed by atoms with Gasteiger partial charge in [-0.25, -0.2) is 0 Å². The summed E-state index contributed by atoms with van der Waals surface area (Å²) in [5, 5.41) is 21.0. The zero-order valence-corrected chi connectivity index (χ0v) is 15.9. The fourth-order valence-electron chi connectivity index (χ4n) is 2.60. The van der Waals surface area contributed by atoms with Gasteiger partial charge in [0.25, 0.3) is 5.69 Å². The standard InChI is InChI=1S/C21H23NO5/c1-14(2)5-9-18-16(12-17(22(24)25)13-20(18)26-3)8-6-15-7-10-19(23)21(11-15)27-4/h5-8,10-13,23H,9H2,1-4H3. The number of allylic oxidation sites excluding steroid dienone is 2. The molecule has 0 heterocycles. The Morgan fingerprint density at radius 2 is 1.81 bits per heavy atom. The first-order valence-corrected chi connectivity index (χ1v) is 8.39. The highest BCUT2D eigenvalue weighted by atomic mass is 16.6. The lowest BCUT2D eigenvalue weighted by molar-refractivity contribution is -0.385. The number of non-ortho nitro benzene ring substituents is 1. The molecule has 0 aliphatic heterocycles. The van der Waals surface area contributed by atoms with Crippen LogP contribution in [0.1, 0.15) is 30.5 Å². The third kappa shape index (κ3) is 5.10. The molecule has 2 rings (SSSR count). The Labute approximate surface area is 158 Å². The highest BCUT2D eigenvalue weighted by Crippen LogP contribution is 2.32. The zero-order valence-electron chi connectivity index (χ0n) is 15.9. The predicted octanol–water partition coefficient (Wildman–Crippen LogP) is 5.00. The van der Waals surface area contributed by atoms with Crippen LogP contribution >= 0.6 is 0 Å². The first-order valence-electron chi connectivity index (χ1n) is 8.39. The van der Waals surface area contributed by atoms with Crippen LogP contribution in [0.4, 0.5) is 5.69 Å². The second-order valence-corrected chi connectivity index (χ2v) is 6.22. The number of benzene rings is 2.